The molecule has 0 atom stereocenters. The first kappa shape index (κ1) is 17.2. The lowest BCUT2D eigenvalue weighted by atomic mass is 10.1. The molecule has 0 bridgehead atoms. The van der Waals surface area contributed by atoms with Crippen LogP contribution < -0.4 is 5.48 Å². The molecule has 24 heavy (non-hydrogen) atoms. The zero-order valence-corrected chi connectivity index (χ0v) is 12.4. The summed E-state index contributed by atoms with van der Waals surface area (Å²) < 4.78 is 25.9. The maximum atomic E-state index is 13.1. The van der Waals surface area contributed by atoms with E-state index in [1.54, 1.807) is 24.3 Å². The summed E-state index contributed by atoms with van der Waals surface area (Å²) >= 11 is 0. The van der Waals surface area contributed by atoms with E-state index >= 15 is 0 Å². The number of benzene rings is 2. The number of ketones is 1. The minimum absolute atomic E-state index is 0.0553. The molecule has 0 saturated carbocycles. The van der Waals surface area contributed by atoms with Crippen LogP contribution in [0.25, 0.3) is 12.2 Å². The molecular weight excluding hydrogens is 316 g/mol. The number of hydroxylamine groups is 1. The topological polar surface area (TPSA) is 66.4 Å². The van der Waals surface area contributed by atoms with Gasteiger partial charge in [-0.2, -0.15) is 0 Å². The Kier molecular flexibility index (Phi) is 5.70. The van der Waals surface area contributed by atoms with Crippen molar-refractivity contribution in [2.75, 3.05) is 0 Å². The Labute approximate surface area is 136 Å². The van der Waals surface area contributed by atoms with Crippen molar-refractivity contribution >= 4 is 23.8 Å². The minimum atomic E-state index is -1.07. The van der Waals surface area contributed by atoms with Gasteiger partial charge in [0.05, 0.1) is 0 Å². The molecular formula is C18H13F2NO3. The third kappa shape index (κ3) is 4.69. The fourth-order valence-electron chi connectivity index (χ4n) is 1.84. The molecule has 0 radical (unpaired) electrons. The van der Waals surface area contributed by atoms with Crippen molar-refractivity contribution in [2.24, 2.45) is 0 Å². The number of halogens is 2. The van der Waals surface area contributed by atoms with Gasteiger partial charge in [-0.3, -0.25) is 14.8 Å². The van der Waals surface area contributed by atoms with Gasteiger partial charge in [-0.25, -0.2) is 14.3 Å². The molecule has 122 valence electrons. The van der Waals surface area contributed by atoms with Crippen molar-refractivity contribution in [3.05, 3.63) is 82.9 Å². The largest absolute Gasteiger partial charge is 0.289 e. The first-order valence-electron chi connectivity index (χ1n) is 6.89. The van der Waals surface area contributed by atoms with E-state index in [-0.39, 0.29) is 5.56 Å². The highest BCUT2D eigenvalue weighted by Gasteiger charge is 2.07. The van der Waals surface area contributed by atoms with Gasteiger partial charge in [0.25, 0.3) is 5.91 Å². The number of amides is 1. The number of allylic oxidation sites excluding steroid dienone is 1. The van der Waals surface area contributed by atoms with Crippen molar-refractivity contribution < 1.29 is 23.6 Å². The Morgan fingerprint density at radius 2 is 1.46 bits per heavy atom. The van der Waals surface area contributed by atoms with Gasteiger partial charge in [-0.1, -0.05) is 30.3 Å². The lowest BCUT2D eigenvalue weighted by Gasteiger charge is -1.98. The number of carbonyl (C=O) groups is 2. The maximum Gasteiger partial charge on any atom is 0.267 e. The fourth-order valence-corrected chi connectivity index (χ4v) is 1.84. The Morgan fingerprint density at radius 3 is 2.00 bits per heavy atom. The van der Waals surface area contributed by atoms with Crippen LogP contribution in [0.5, 0.6) is 0 Å². The SMILES string of the molecule is O=C(/C=C/c1ccc(/C=C/C(=O)c2ccc(F)c(F)c2)cc1)NO. The molecule has 0 aliphatic rings. The number of rotatable bonds is 5. The molecule has 0 saturated heterocycles. The number of nitrogens with one attached hydrogen (secondary N) is 1. The predicted octanol–water partition coefficient (Wildman–Crippen LogP) is 3.38. The molecule has 0 unspecified atom stereocenters. The molecule has 0 aliphatic carbocycles. The van der Waals surface area contributed by atoms with E-state index in [1.165, 1.54) is 29.8 Å². The van der Waals surface area contributed by atoms with Gasteiger partial charge in [0, 0.05) is 11.6 Å². The minimum Gasteiger partial charge on any atom is -0.289 e. The first-order chi connectivity index (χ1) is 11.5. The van der Waals surface area contributed by atoms with Crippen LogP contribution in [-0.4, -0.2) is 16.9 Å². The molecule has 6 heteroatoms. The van der Waals surface area contributed by atoms with E-state index in [1.807, 2.05) is 0 Å². The summed E-state index contributed by atoms with van der Waals surface area (Å²) in [5.41, 5.74) is 2.98. The highest BCUT2D eigenvalue weighted by Crippen LogP contribution is 2.12. The molecule has 1 amide bonds. The Bertz CT molecular complexity index is 812. The summed E-state index contributed by atoms with van der Waals surface area (Å²) in [5, 5.41) is 8.37. The van der Waals surface area contributed by atoms with Gasteiger partial charge in [-0.15, -0.1) is 0 Å². The van der Waals surface area contributed by atoms with E-state index in [0.29, 0.717) is 0 Å². The molecule has 4 nitrogen and oxygen atoms in total. The third-order valence-electron chi connectivity index (χ3n) is 3.11. The van der Waals surface area contributed by atoms with E-state index in [4.69, 9.17) is 5.21 Å². The van der Waals surface area contributed by atoms with E-state index in [0.717, 1.165) is 29.3 Å². The number of hydrogen-bond donors (Lipinski definition) is 2. The van der Waals surface area contributed by atoms with Gasteiger partial charge in [0.1, 0.15) is 0 Å². The average Bonchev–Trinajstić information content (AvgIpc) is 2.60. The van der Waals surface area contributed by atoms with Crippen LogP contribution in [-0.2, 0) is 4.79 Å². The molecule has 2 aromatic rings. The van der Waals surface area contributed by atoms with Gasteiger partial charge < -0.3 is 0 Å². The van der Waals surface area contributed by atoms with Gasteiger partial charge in [0.2, 0.25) is 0 Å². The van der Waals surface area contributed by atoms with Crippen LogP contribution >= 0.6 is 0 Å². The third-order valence-corrected chi connectivity index (χ3v) is 3.11. The highest BCUT2D eigenvalue weighted by molar-refractivity contribution is 6.06. The van der Waals surface area contributed by atoms with Gasteiger partial charge >= 0.3 is 0 Å². The second-order valence-electron chi connectivity index (χ2n) is 4.80. The second kappa shape index (κ2) is 7.94. The standard InChI is InChI=1S/C18H13F2NO3/c19-15-8-7-14(11-16(15)20)17(22)9-5-12-1-3-13(4-2-12)6-10-18(23)21-24/h1-11,24H,(H,21,23)/b9-5+,10-6+. The predicted molar refractivity (Wildman–Crippen MR) is 85.1 cm³/mol. The molecule has 0 aromatic heterocycles. The van der Waals surface area contributed by atoms with Crippen LogP contribution in [0, 0.1) is 11.6 Å². The number of hydrogen-bond acceptors (Lipinski definition) is 3. The molecule has 2 N–H and O–H groups in total. The Morgan fingerprint density at radius 1 is 0.875 bits per heavy atom. The molecule has 2 rings (SSSR count). The van der Waals surface area contributed by atoms with E-state index in [2.05, 4.69) is 0 Å². The highest BCUT2D eigenvalue weighted by atomic mass is 19.2. The van der Waals surface area contributed by atoms with Crippen LogP contribution in [0.2, 0.25) is 0 Å². The Balaban J connectivity index is 2.06. The summed E-state index contributed by atoms with van der Waals surface area (Å²) in [6, 6.07) is 9.82. The van der Waals surface area contributed by atoms with Crippen LogP contribution in [0.4, 0.5) is 8.78 Å². The van der Waals surface area contributed by atoms with Crippen LogP contribution in [0.3, 0.4) is 0 Å². The van der Waals surface area contributed by atoms with Gasteiger partial charge in [-0.05, 0) is 41.5 Å². The monoisotopic (exact) mass is 329 g/mol. The zero-order chi connectivity index (χ0) is 17.5. The Hall–Kier alpha value is -3.12. The molecule has 0 heterocycles. The zero-order valence-electron chi connectivity index (χ0n) is 12.4. The van der Waals surface area contributed by atoms with Crippen LogP contribution in [0.1, 0.15) is 21.5 Å². The van der Waals surface area contributed by atoms with Crippen molar-refractivity contribution in [2.45, 2.75) is 0 Å². The van der Waals surface area contributed by atoms with E-state index in [9.17, 15) is 18.4 Å². The number of carbonyl (C=O) groups excluding carboxylic acids is 2. The lowest BCUT2D eigenvalue weighted by Crippen LogP contribution is -2.14. The smallest absolute Gasteiger partial charge is 0.267 e. The van der Waals surface area contributed by atoms with Crippen molar-refractivity contribution in [1.29, 1.82) is 0 Å². The lowest BCUT2D eigenvalue weighted by molar-refractivity contribution is -0.124. The quantitative estimate of drug-likeness (QED) is 0.382. The van der Waals surface area contributed by atoms with E-state index < -0.39 is 23.3 Å². The second-order valence-corrected chi connectivity index (χ2v) is 4.80. The van der Waals surface area contributed by atoms with Crippen molar-refractivity contribution in [3.8, 4) is 0 Å². The van der Waals surface area contributed by atoms with Gasteiger partial charge in [0.15, 0.2) is 17.4 Å². The maximum absolute atomic E-state index is 13.1. The normalized spacial score (nSPS) is 11.1. The van der Waals surface area contributed by atoms with Crippen molar-refractivity contribution in [1.82, 2.24) is 5.48 Å². The first-order valence-corrected chi connectivity index (χ1v) is 6.89. The summed E-state index contributed by atoms with van der Waals surface area (Å²) in [6.45, 7) is 0. The molecule has 0 aliphatic heterocycles. The summed E-state index contributed by atoms with van der Waals surface area (Å²) in [7, 11) is 0. The summed E-state index contributed by atoms with van der Waals surface area (Å²) in [6.07, 6.45) is 5.47. The van der Waals surface area contributed by atoms with Crippen molar-refractivity contribution in [3.63, 3.8) is 0 Å². The molecule has 0 fully saturated rings. The summed E-state index contributed by atoms with van der Waals surface area (Å²) in [5.74, 6) is -3.17. The summed E-state index contributed by atoms with van der Waals surface area (Å²) in [4.78, 5) is 22.8. The average molecular weight is 329 g/mol. The fraction of sp³-hybridized carbons (Fsp3) is 0. The van der Waals surface area contributed by atoms with Crippen LogP contribution in [0.15, 0.2) is 54.6 Å². The molecule has 0 spiro atoms. The molecule has 2 aromatic carbocycles.